The number of rotatable bonds is 7. The van der Waals surface area contributed by atoms with Crippen molar-refractivity contribution in [2.75, 3.05) is 6.61 Å². The highest BCUT2D eigenvalue weighted by molar-refractivity contribution is 5.68. The van der Waals surface area contributed by atoms with Crippen molar-refractivity contribution in [1.82, 2.24) is 5.32 Å². The maximum Gasteiger partial charge on any atom is 0.341 e. The second-order valence-corrected chi connectivity index (χ2v) is 4.02. The first kappa shape index (κ1) is 13.5. The lowest BCUT2D eigenvalue weighted by molar-refractivity contribution is -0.139. The average Bonchev–Trinajstić information content (AvgIpc) is 2.34. The number of hydrogen-bond donors (Lipinski definition) is 2. The monoisotopic (exact) mass is 237 g/mol. The van der Waals surface area contributed by atoms with Crippen LogP contribution in [0, 0.1) is 0 Å². The van der Waals surface area contributed by atoms with Crippen molar-refractivity contribution in [1.29, 1.82) is 0 Å². The molecule has 4 heteroatoms. The molecule has 0 aliphatic heterocycles. The Labute approximate surface area is 102 Å². The molecular weight excluding hydrogens is 218 g/mol. The molecule has 0 aliphatic carbocycles. The number of carboxylic acids is 1. The van der Waals surface area contributed by atoms with Crippen LogP contribution in [-0.2, 0) is 11.3 Å². The fourth-order valence-corrected chi connectivity index (χ4v) is 1.33. The van der Waals surface area contributed by atoms with Crippen LogP contribution in [0.25, 0.3) is 0 Å². The standard InChI is InChI=1S/C13H19NO3/c1-3-10(2)14-8-11-5-4-6-12(7-11)17-9-13(15)16/h4-7,10,14H,3,8-9H2,1-2H3,(H,15,16). The van der Waals surface area contributed by atoms with Crippen molar-refractivity contribution in [3.05, 3.63) is 29.8 Å². The Morgan fingerprint density at radius 1 is 1.53 bits per heavy atom. The average molecular weight is 237 g/mol. The molecule has 1 aromatic carbocycles. The Morgan fingerprint density at radius 3 is 2.94 bits per heavy atom. The molecule has 0 radical (unpaired) electrons. The number of aliphatic carboxylic acids is 1. The van der Waals surface area contributed by atoms with E-state index >= 15 is 0 Å². The summed E-state index contributed by atoms with van der Waals surface area (Å²) < 4.78 is 5.11. The highest BCUT2D eigenvalue weighted by atomic mass is 16.5. The van der Waals surface area contributed by atoms with E-state index in [1.807, 2.05) is 18.2 Å². The summed E-state index contributed by atoms with van der Waals surface area (Å²) in [5.41, 5.74) is 1.09. The van der Waals surface area contributed by atoms with E-state index < -0.39 is 5.97 Å². The summed E-state index contributed by atoms with van der Waals surface area (Å²) in [6, 6.07) is 7.94. The highest BCUT2D eigenvalue weighted by Gasteiger charge is 2.02. The lowest BCUT2D eigenvalue weighted by Crippen LogP contribution is -2.24. The van der Waals surface area contributed by atoms with Gasteiger partial charge in [0.1, 0.15) is 5.75 Å². The minimum atomic E-state index is -0.965. The molecule has 0 spiro atoms. The van der Waals surface area contributed by atoms with E-state index in [4.69, 9.17) is 9.84 Å². The molecule has 0 fully saturated rings. The topological polar surface area (TPSA) is 58.6 Å². The first-order valence-corrected chi connectivity index (χ1v) is 5.78. The van der Waals surface area contributed by atoms with Crippen LogP contribution in [-0.4, -0.2) is 23.7 Å². The number of carbonyl (C=O) groups is 1. The Hall–Kier alpha value is -1.55. The molecule has 17 heavy (non-hydrogen) atoms. The number of benzene rings is 1. The molecule has 0 bridgehead atoms. The molecule has 1 unspecified atom stereocenters. The molecule has 94 valence electrons. The van der Waals surface area contributed by atoms with Crippen molar-refractivity contribution >= 4 is 5.97 Å². The summed E-state index contributed by atoms with van der Waals surface area (Å²) in [6.07, 6.45) is 1.08. The minimum absolute atomic E-state index is 0.303. The Bertz CT molecular complexity index is 365. The lowest BCUT2D eigenvalue weighted by atomic mass is 10.2. The smallest absolute Gasteiger partial charge is 0.341 e. The van der Waals surface area contributed by atoms with Crippen LogP contribution in [0.3, 0.4) is 0 Å². The Morgan fingerprint density at radius 2 is 2.29 bits per heavy atom. The molecule has 1 atom stereocenters. The normalized spacial score (nSPS) is 12.1. The van der Waals surface area contributed by atoms with Gasteiger partial charge in [0.25, 0.3) is 0 Å². The van der Waals surface area contributed by atoms with Crippen molar-refractivity contribution in [3.63, 3.8) is 0 Å². The number of carboxylic acid groups (broad SMARTS) is 1. The maximum atomic E-state index is 10.4. The molecule has 0 aliphatic rings. The van der Waals surface area contributed by atoms with Gasteiger partial charge in [0.05, 0.1) is 0 Å². The van der Waals surface area contributed by atoms with E-state index in [1.165, 1.54) is 0 Å². The SMILES string of the molecule is CCC(C)NCc1cccc(OCC(=O)O)c1. The molecule has 0 aromatic heterocycles. The third-order valence-corrected chi connectivity index (χ3v) is 2.53. The van der Waals surface area contributed by atoms with Gasteiger partial charge in [-0.2, -0.15) is 0 Å². The second-order valence-electron chi connectivity index (χ2n) is 4.02. The van der Waals surface area contributed by atoms with E-state index in [0.29, 0.717) is 11.8 Å². The summed E-state index contributed by atoms with van der Waals surface area (Å²) in [7, 11) is 0. The largest absolute Gasteiger partial charge is 0.482 e. The van der Waals surface area contributed by atoms with E-state index in [-0.39, 0.29) is 6.61 Å². The first-order valence-electron chi connectivity index (χ1n) is 5.78. The van der Waals surface area contributed by atoms with Gasteiger partial charge in [-0.15, -0.1) is 0 Å². The van der Waals surface area contributed by atoms with Gasteiger partial charge in [-0.05, 0) is 31.0 Å². The maximum absolute atomic E-state index is 10.4. The zero-order valence-corrected chi connectivity index (χ0v) is 10.3. The van der Waals surface area contributed by atoms with Gasteiger partial charge in [-0.25, -0.2) is 4.79 Å². The third-order valence-electron chi connectivity index (χ3n) is 2.53. The van der Waals surface area contributed by atoms with Crippen molar-refractivity contribution in [2.45, 2.75) is 32.9 Å². The predicted octanol–water partition coefficient (Wildman–Crippen LogP) is 2.04. The predicted molar refractivity (Wildman–Crippen MR) is 66.2 cm³/mol. The molecule has 2 N–H and O–H groups in total. The van der Waals surface area contributed by atoms with Gasteiger partial charge in [0.2, 0.25) is 0 Å². The van der Waals surface area contributed by atoms with E-state index in [1.54, 1.807) is 6.07 Å². The first-order chi connectivity index (χ1) is 8.11. The molecular formula is C13H19NO3. The van der Waals surface area contributed by atoms with Crippen molar-refractivity contribution in [2.24, 2.45) is 0 Å². The lowest BCUT2D eigenvalue weighted by Gasteiger charge is -2.12. The molecule has 1 aromatic rings. The molecule has 4 nitrogen and oxygen atoms in total. The third kappa shape index (κ3) is 5.36. The number of hydrogen-bond acceptors (Lipinski definition) is 3. The summed E-state index contributed by atoms with van der Waals surface area (Å²) >= 11 is 0. The molecule has 0 heterocycles. The van der Waals surface area contributed by atoms with Gasteiger partial charge >= 0.3 is 5.97 Å². The Balaban J connectivity index is 2.50. The summed E-state index contributed by atoms with van der Waals surface area (Å²) in [5, 5.41) is 11.9. The zero-order valence-electron chi connectivity index (χ0n) is 10.3. The molecule has 1 rings (SSSR count). The highest BCUT2D eigenvalue weighted by Crippen LogP contribution is 2.13. The van der Waals surface area contributed by atoms with Crippen molar-refractivity contribution in [3.8, 4) is 5.75 Å². The molecule has 0 saturated carbocycles. The van der Waals surface area contributed by atoms with Crippen LogP contribution in [0.1, 0.15) is 25.8 Å². The van der Waals surface area contributed by atoms with Gasteiger partial charge in [0, 0.05) is 12.6 Å². The van der Waals surface area contributed by atoms with Gasteiger partial charge in [-0.3, -0.25) is 0 Å². The van der Waals surface area contributed by atoms with E-state index in [9.17, 15) is 4.79 Å². The van der Waals surface area contributed by atoms with Crippen LogP contribution in [0.5, 0.6) is 5.75 Å². The van der Waals surface area contributed by atoms with Crippen LogP contribution in [0.2, 0.25) is 0 Å². The van der Waals surface area contributed by atoms with E-state index in [0.717, 1.165) is 18.5 Å². The van der Waals surface area contributed by atoms with E-state index in [2.05, 4.69) is 19.2 Å². The van der Waals surface area contributed by atoms with Gasteiger partial charge in [0.15, 0.2) is 6.61 Å². The Kier molecular flexibility index (Phi) is 5.49. The van der Waals surface area contributed by atoms with Crippen LogP contribution >= 0.6 is 0 Å². The fourth-order valence-electron chi connectivity index (χ4n) is 1.33. The number of ether oxygens (including phenoxy) is 1. The summed E-state index contributed by atoms with van der Waals surface area (Å²) in [4.78, 5) is 10.4. The zero-order chi connectivity index (χ0) is 12.7. The fraction of sp³-hybridized carbons (Fsp3) is 0.462. The molecule has 0 amide bonds. The van der Waals surface area contributed by atoms with Gasteiger partial charge < -0.3 is 15.2 Å². The van der Waals surface area contributed by atoms with Crippen LogP contribution in [0.4, 0.5) is 0 Å². The van der Waals surface area contributed by atoms with Crippen LogP contribution < -0.4 is 10.1 Å². The second kappa shape index (κ2) is 6.91. The quantitative estimate of drug-likeness (QED) is 0.762. The number of nitrogens with one attached hydrogen (secondary N) is 1. The summed E-state index contributed by atoms with van der Waals surface area (Å²) in [5.74, 6) is -0.371. The van der Waals surface area contributed by atoms with Gasteiger partial charge in [-0.1, -0.05) is 19.1 Å². The van der Waals surface area contributed by atoms with Crippen molar-refractivity contribution < 1.29 is 14.6 Å². The van der Waals surface area contributed by atoms with Crippen LogP contribution in [0.15, 0.2) is 24.3 Å². The molecule has 0 saturated heterocycles. The summed E-state index contributed by atoms with van der Waals surface area (Å²) in [6.45, 7) is 4.72. The minimum Gasteiger partial charge on any atom is -0.482 e.